The van der Waals surface area contributed by atoms with Gasteiger partial charge >= 0.3 is 0 Å². The van der Waals surface area contributed by atoms with Crippen LogP contribution in [0.25, 0.3) is 11.2 Å². The molecule has 0 fully saturated rings. The van der Waals surface area contributed by atoms with Crippen molar-refractivity contribution in [1.29, 1.82) is 0 Å². The van der Waals surface area contributed by atoms with E-state index in [-0.39, 0.29) is 5.95 Å². The summed E-state index contributed by atoms with van der Waals surface area (Å²) in [7, 11) is 0. The van der Waals surface area contributed by atoms with E-state index >= 15 is 0 Å². The van der Waals surface area contributed by atoms with E-state index in [1.165, 1.54) is 0 Å². The van der Waals surface area contributed by atoms with Crippen LogP contribution in [0, 0.1) is 6.92 Å². The zero-order chi connectivity index (χ0) is 7.84. The highest BCUT2D eigenvalue weighted by Crippen LogP contribution is 2.11. The van der Waals surface area contributed by atoms with Gasteiger partial charge in [0.2, 0.25) is 5.95 Å². The quantitative estimate of drug-likeness (QED) is 0.565. The predicted octanol–water partition coefficient (Wildman–Crippen LogP) is -0.0966. The zero-order valence-corrected chi connectivity index (χ0v) is 5.77. The second-order valence-corrected chi connectivity index (χ2v) is 2.09. The molecule has 0 saturated heterocycles. The van der Waals surface area contributed by atoms with Gasteiger partial charge in [-0.1, -0.05) is 0 Å². The molecule has 2 aromatic heterocycles. The molecule has 0 spiro atoms. The van der Waals surface area contributed by atoms with Crippen LogP contribution < -0.4 is 5.73 Å². The maximum absolute atomic E-state index is 5.35. The molecule has 2 heterocycles. The van der Waals surface area contributed by atoms with E-state index < -0.39 is 0 Å². The molecule has 0 aliphatic carbocycles. The fraction of sp³-hybridized carbons (Fsp3) is 0.200. The van der Waals surface area contributed by atoms with Gasteiger partial charge in [0.1, 0.15) is 0 Å². The van der Waals surface area contributed by atoms with Crippen molar-refractivity contribution in [3.8, 4) is 0 Å². The van der Waals surface area contributed by atoms with Crippen LogP contribution in [0.2, 0.25) is 0 Å². The maximum Gasteiger partial charge on any atom is 0.283 e. The van der Waals surface area contributed by atoms with Crippen LogP contribution in [-0.4, -0.2) is 20.3 Å². The van der Waals surface area contributed by atoms with Crippen molar-refractivity contribution in [3.05, 3.63) is 5.69 Å². The van der Waals surface area contributed by atoms with E-state index in [0.29, 0.717) is 16.9 Å². The molecule has 0 unspecified atom stereocenters. The molecule has 0 bridgehead atoms. The predicted molar refractivity (Wildman–Crippen MR) is 36.5 cm³/mol. The van der Waals surface area contributed by atoms with Gasteiger partial charge in [-0.3, -0.25) is 0 Å². The van der Waals surface area contributed by atoms with Crippen molar-refractivity contribution in [3.63, 3.8) is 0 Å². The minimum atomic E-state index is 0.175. The standard InChI is InChI=1S/C5H5N5O/c1-2-3-4(11-10-9-3)8-5(6)7-2/h1H3,(H2,6,7,8). The fourth-order valence-corrected chi connectivity index (χ4v) is 0.840. The van der Waals surface area contributed by atoms with Crippen molar-refractivity contribution in [2.45, 2.75) is 6.92 Å². The van der Waals surface area contributed by atoms with Gasteiger partial charge in [-0.2, -0.15) is 4.98 Å². The first-order valence-corrected chi connectivity index (χ1v) is 2.99. The van der Waals surface area contributed by atoms with Crippen molar-refractivity contribution in [2.75, 3.05) is 5.73 Å². The summed E-state index contributed by atoms with van der Waals surface area (Å²) in [5.41, 5.74) is 6.90. The molecule has 2 rings (SSSR count). The van der Waals surface area contributed by atoms with E-state index in [1.54, 1.807) is 6.92 Å². The average Bonchev–Trinajstić information content (AvgIpc) is 2.34. The third-order valence-corrected chi connectivity index (χ3v) is 1.31. The lowest BCUT2D eigenvalue weighted by Gasteiger charge is -1.91. The van der Waals surface area contributed by atoms with Gasteiger partial charge in [0.25, 0.3) is 5.71 Å². The molecule has 2 aromatic rings. The Morgan fingerprint density at radius 2 is 2.18 bits per heavy atom. The number of fused-ring (bicyclic) bond motifs is 1. The van der Waals surface area contributed by atoms with E-state index in [2.05, 4.69) is 24.9 Å². The third kappa shape index (κ3) is 0.794. The molecular formula is C5H5N5O. The summed E-state index contributed by atoms with van der Waals surface area (Å²) in [5, 5.41) is 6.98. The number of nitrogens with two attached hydrogens (primary N) is 1. The van der Waals surface area contributed by atoms with Crippen LogP contribution in [0.3, 0.4) is 0 Å². The molecule has 0 amide bonds. The lowest BCUT2D eigenvalue weighted by molar-refractivity contribution is 0.418. The molecule has 0 aliphatic rings. The van der Waals surface area contributed by atoms with Crippen LogP contribution >= 0.6 is 0 Å². The highest BCUT2D eigenvalue weighted by atomic mass is 16.5. The first-order chi connectivity index (χ1) is 5.27. The van der Waals surface area contributed by atoms with Crippen LogP contribution in [0.5, 0.6) is 0 Å². The highest BCUT2D eigenvalue weighted by Gasteiger charge is 2.06. The minimum absolute atomic E-state index is 0.175. The van der Waals surface area contributed by atoms with Crippen LogP contribution in [0.15, 0.2) is 4.52 Å². The Labute approximate surface area is 61.4 Å². The average molecular weight is 151 g/mol. The molecular weight excluding hydrogens is 146 g/mol. The third-order valence-electron chi connectivity index (χ3n) is 1.31. The molecule has 6 nitrogen and oxygen atoms in total. The van der Waals surface area contributed by atoms with Gasteiger partial charge in [0, 0.05) is 5.27 Å². The van der Waals surface area contributed by atoms with Crippen molar-refractivity contribution in [2.24, 2.45) is 0 Å². The summed E-state index contributed by atoms with van der Waals surface area (Å²) in [5.74, 6) is 0.175. The lowest BCUT2D eigenvalue weighted by Crippen LogP contribution is -1.96. The van der Waals surface area contributed by atoms with E-state index in [1.807, 2.05) is 0 Å². The van der Waals surface area contributed by atoms with Gasteiger partial charge in [0.15, 0.2) is 5.52 Å². The number of nitrogens with zero attached hydrogens (tertiary/aromatic N) is 4. The van der Waals surface area contributed by atoms with E-state index in [4.69, 9.17) is 5.73 Å². The molecule has 2 N–H and O–H groups in total. The Morgan fingerprint density at radius 3 is 3.00 bits per heavy atom. The summed E-state index contributed by atoms with van der Waals surface area (Å²) in [6, 6.07) is 0. The second-order valence-electron chi connectivity index (χ2n) is 2.09. The Kier molecular flexibility index (Phi) is 1.03. The lowest BCUT2D eigenvalue weighted by atomic mass is 10.4. The largest absolute Gasteiger partial charge is 0.368 e. The Hall–Kier alpha value is -1.72. The second kappa shape index (κ2) is 1.88. The highest BCUT2D eigenvalue weighted by molar-refractivity contribution is 5.70. The van der Waals surface area contributed by atoms with E-state index in [9.17, 15) is 0 Å². The summed E-state index contributed by atoms with van der Waals surface area (Å²) in [6.07, 6.45) is 0. The number of nitrogen functional groups attached to an aromatic ring is 1. The van der Waals surface area contributed by atoms with Crippen molar-refractivity contribution < 1.29 is 4.52 Å². The fourth-order valence-electron chi connectivity index (χ4n) is 0.840. The monoisotopic (exact) mass is 151 g/mol. The van der Waals surface area contributed by atoms with Gasteiger partial charge in [0.05, 0.1) is 5.69 Å². The molecule has 0 aliphatic heterocycles. The molecule has 6 heteroatoms. The summed E-state index contributed by atoms with van der Waals surface area (Å²) >= 11 is 0. The summed E-state index contributed by atoms with van der Waals surface area (Å²) in [4.78, 5) is 7.65. The molecule has 11 heavy (non-hydrogen) atoms. The molecule has 0 radical (unpaired) electrons. The van der Waals surface area contributed by atoms with Crippen LogP contribution in [0.4, 0.5) is 5.95 Å². The molecule has 0 saturated carbocycles. The van der Waals surface area contributed by atoms with Gasteiger partial charge in [-0.15, -0.1) is 5.10 Å². The number of hydrogen-bond acceptors (Lipinski definition) is 6. The van der Waals surface area contributed by atoms with Crippen molar-refractivity contribution in [1.82, 2.24) is 20.3 Å². The summed E-state index contributed by atoms with van der Waals surface area (Å²) in [6.45, 7) is 1.77. The first kappa shape index (κ1) is 6.02. The van der Waals surface area contributed by atoms with Gasteiger partial charge in [-0.05, 0) is 6.92 Å². The number of rotatable bonds is 0. The van der Waals surface area contributed by atoms with Crippen LogP contribution in [0.1, 0.15) is 5.69 Å². The Morgan fingerprint density at radius 1 is 1.36 bits per heavy atom. The molecule has 0 atom stereocenters. The Bertz CT molecular complexity index is 395. The minimum Gasteiger partial charge on any atom is -0.368 e. The SMILES string of the molecule is Cc1nc(N)nc2onnc12. The summed E-state index contributed by atoms with van der Waals surface area (Å²) < 4.78 is 4.69. The number of aromatic nitrogens is 4. The molecule has 0 aromatic carbocycles. The smallest absolute Gasteiger partial charge is 0.283 e. The number of hydrogen-bond donors (Lipinski definition) is 1. The Balaban J connectivity index is 2.91. The van der Waals surface area contributed by atoms with E-state index in [0.717, 1.165) is 0 Å². The van der Waals surface area contributed by atoms with Crippen molar-refractivity contribution >= 4 is 17.2 Å². The first-order valence-electron chi connectivity index (χ1n) is 2.99. The number of aryl methyl sites for hydroxylation is 1. The maximum atomic E-state index is 5.35. The normalized spacial score (nSPS) is 10.6. The van der Waals surface area contributed by atoms with Crippen LogP contribution in [-0.2, 0) is 0 Å². The topological polar surface area (TPSA) is 90.7 Å². The van der Waals surface area contributed by atoms with Gasteiger partial charge in [-0.25, -0.2) is 4.98 Å². The van der Waals surface area contributed by atoms with Gasteiger partial charge < -0.3 is 10.3 Å². The zero-order valence-electron chi connectivity index (χ0n) is 5.77. The number of anilines is 1. The molecule has 56 valence electrons.